The number of nitrogens with one attached hydrogen (secondary N) is 1. The molecule has 0 saturated heterocycles. The molecule has 1 rings (SSSR count). The van der Waals surface area contributed by atoms with Crippen LogP contribution >= 0.6 is 0 Å². The molecule has 0 aliphatic heterocycles. The van der Waals surface area contributed by atoms with Gasteiger partial charge >= 0.3 is 0 Å². The van der Waals surface area contributed by atoms with Crippen LogP contribution in [0, 0.1) is 0 Å². The van der Waals surface area contributed by atoms with E-state index in [0.717, 1.165) is 5.56 Å². The zero-order valence-corrected chi connectivity index (χ0v) is 12.9. The Morgan fingerprint density at radius 3 is 2.60 bits per heavy atom. The van der Waals surface area contributed by atoms with Gasteiger partial charge in [-0.05, 0) is 6.07 Å². The van der Waals surface area contributed by atoms with E-state index in [1.807, 2.05) is 18.2 Å². The van der Waals surface area contributed by atoms with Crippen LogP contribution in [0.15, 0.2) is 18.2 Å². The molecule has 112 valence electrons. The topological polar surface area (TPSA) is 50.8 Å². The van der Waals surface area contributed by atoms with E-state index in [0.29, 0.717) is 24.1 Å². The minimum absolute atomic E-state index is 0.00204. The second-order valence-corrected chi connectivity index (χ2v) is 5.06. The predicted molar refractivity (Wildman–Crippen MR) is 79.2 cm³/mol. The van der Waals surface area contributed by atoms with Crippen molar-refractivity contribution in [2.45, 2.75) is 26.4 Å². The van der Waals surface area contributed by atoms with E-state index in [1.165, 1.54) is 4.90 Å². The van der Waals surface area contributed by atoms with Crippen molar-refractivity contribution in [2.75, 3.05) is 27.8 Å². The van der Waals surface area contributed by atoms with E-state index in [9.17, 15) is 4.79 Å². The first-order valence-corrected chi connectivity index (χ1v) is 6.68. The molecule has 0 aliphatic carbocycles. The number of benzene rings is 1. The van der Waals surface area contributed by atoms with Crippen LogP contribution in [-0.2, 0) is 11.3 Å². The molecule has 0 saturated carbocycles. The number of ether oxygens (including phenoxy) is 2. The number of rotatable bonds is 7. The van der Waals surface area contributed by atoms with Crippen molar-refractivity contribution in [3.05, 3.63) is 23.8 Å². The fourth-order valence-electron chi connectivity index (χ4n) is 1.60. The van der Waals surface area contributed by atoms with E-state index in [-0.39, 0.29) is 12.5 Å². The first-order chi connectivity index (χ1) is 9.45. The van der Waals surface area contributed by atoms with Gasteiger partial charge in [-0.1, -0.05) is 26.0 Å². The number of nitrogens with zero attached hydrogens (tertiary/aromatic N) is 1. The van der Waals surface area contributed by atoms with Gasteiger partial charge in [0.15, 0.2) is 18.1 Å². The van der Waals surface area contributed by atoms with Crippen molar-refractivity contribution in [1.82, 2.24) is 10.2 Å². The van der Waals surface area contributed by atoms with Gasteiger partial charge in [-0.15, -0.1) is 0 Å². The van der Waals surface area contributed by atoms with Crippen LogP contribution in [0.3, 0.4) is 0 Å². The van der Waals surface area contributed by atoms with Crippen LogP contribution in [0.1, 0.15) is 19.4 Å². The number of hydrogen-bond acceptors (Lipinski definition) is 4. The number of likely N-dealkylation sites (N-methyl/N-ethyl adjacent to an activating group) is 1. The summed E-state index contributed by atoms with van der Waals surface area (Å²) in [5, 5.41) is 3.33. The Morgan fingerprint density at radius 2 is 2.05 bits per heavy atom. The van der Waals surface area contributed by atoms with Gasteiger partial charge in [0.25, 0.3) is 5.91 Å². The van der Waals surface area contributed by atoms with Crippen LogP contribution in [0.4, 0.5) is 0 Å². The lowest BCUT2D eigenvalue weighted by molar-refractivity contribution is -0.130. The van der Waals surface area contributed by atoms with Crippen molar-refractivity contribution in [3.8, 4) is 11.5 Å². The summed E-state index contributed by atoms with van der Waals surface area (Å²) in [6.45, 7) is 4.83. The summed E-state index contributed by atoms with van der Waals surface area (Å²) in [4.78, 5) is 13.1. The number of amides is 1. The largest absolute Gasteiger partial charge is 0.493 e. The Hall–Kier alpha value is -1.75. The van der Waals surface area contributed by atoms with Gasteiger partial charge in [-0.3, -0.25) is 4.79 Å². The molecule has 0 aromatic heterocycles. The Balaban J connectivity index is 2.86. The highest BCUT2D eigenvalue weighted by Crippen LogP contribution is 2.31. The molecular weight excluding hydrogens is 256 g/mol. The third kappa shape index (κ3) is 4.74. The molecule has 1 N–H and O–H groups in total. The van der Waals surface area contributed by atoms with E-state index in [1.54, 1.807) is 21.2 Å². The van der Waals surface area contributed by atoms with Crippen LogP contribution in [0.5, 0.6) is 11.5 Å². The summed E-state index contributed by atoms with van der Waals surface area (Å²) in [6, 6.07) is 6.08. The number of hydrogen-bond donors (Lipinski definition) is 1. The van der Waals surface area contributed by atoms with Crippen LogP contribution < -0.4 is 14.8 Å². The summed E-state index contributed by atoms with van der Waals surface area (Å²) >= 11 is 0. The highest BCUT2D eigenvalue weighted by molar-refractivity contribution is 5.77. The Kier molecular flexibility index (Phi) is 6.31. The highest BCUT2D eigenvalue weighted by Gasteiger charge is 2.13. The monoisotopic (exact) mass is 280 g/mol. The summed E-state index contributed by atoms with van der Waals surface area (Å²) < 4.78 is 11.0. The van der Waals surface area contributed by atoms with Crippen LogP contribution in [0.25, 0.3) is 0 Å². The molecule has 0 heterocycles. The fourth-order valence-corrected chi connectivity index (χ4v) is 1.60. The fraction of sp³-hybridized carbons (Fsp3) is 0.533. The summed E-state index contributed by atoms with van der Waals surface area (Å²) in [7, 11) is 5.00. The Bertz CT molecular complexity index is 445. The zero-order chi connectivity index (χ0) is 15.1. The average Bonchev–Trinajstić information content (AvgIpc) is 2.42. The lowest BCUT2D eigenvalue weighted by Gasteiger charge is -2.17. The summed E-state index contributed by atoms with van der Waals surface area (Å²) in [5.74, 6) is 1.18. The molecule has 0 unspecified atom stereocenters. The third-order valence-corrected chi connectivity index (χ3v) is 2.82. The molecule has 1 aromatic carbocycles. The quantitative estimate of drug-likeness (QED) is 0.825. The minimum Gasteiger partial charge on any atom is -0.493 e. The Labute approximate surface area is 120 Å². The van der Waals surface area contributed by atoms with Gasteiger partial charge in [0.1, 0.15) is 0 Å². The molecule has 5 heteroatoms. The maximum atomic E-state index is 11.6. The SMILES string of the molecule is COc1cccc(CNC(C)C)c1OCC(=O)N(C)C. The molecule has 1 aromatic rings. The standard InChI is InChI=1S/C15H24N2O3/c1-11(2)16-9-12-7-6-8-13(19-5)15(12)20-10-14(18)17(3)4/h6-8,11,16H,9-10H2,1-5H3. The van der Waals surface area contributed by atoms with Crippen molar-refractivity contribution in [1.29, 1.82) is 0 Å². The molecule has 5 nitrogen and oxygen atoms in total. The van der Waals surface area contributed by atoms with Crippen molar-refractivity contribution in [3.63, 3.8) is 0 Å². The molecule has 0 spiro atoms. The van der Waals surface area contributed by atoms with Gasteiger partial charge < -0.3 is 19.7 Å². The third-order valence-electron chi connectivity index (χ3n) is 2.82. The molecule has 0 bridgehead atoms. The average molecular weight is 280 g/mol. The lowest BCUT2D eigenvalue weighted by atomic mass is 10.1. The van der Waals surface area contributed by atoms with Crippen molar-refractivity contribution < 1.29 is 14.3 Å². The van der Waals surface area contributed by atoms with Crippen molar-refractivity contribution >= 4 is 5.91 Å². The zero-order valence-electron chi connectivity index (χ0n) is 12.9. The van der Waals surface area contributed by atoms with Gasteiger partial charge in [0.05, 0.1) is 7.11 Å². The molecule has 1 amide bonds. The first kappa shape index (κ1) is 16.3. The van der Waals surface area contributed by atoms with E-state index >= 15 is 0 Å². The minimum atomic E-state index is -0.0846. The summed E-state index contributed by atoms with van der Waals surface area (Å²) in [6.07, 6.45) is 0. The molecule has 20 heavy (non-hydrogen) atoms. The van der Waals surface area contributed by atoms with Crippen molar-refractivity contribution in [2.24, 2.45) is 0 Å². The van der Waals surface area contributed by atoms with E-state index < -0.39 is 0 Å². The first-order valence-electron chi connectivity index (χ1n) is 6.68. The number of methoxy groups -OCH3 is 1. The highest BCUT2D eigenvalue weighted by atomic mass is 16.5. The molecular formula is C15H24N2O3. The lowest BCUT2D eigenvalue weighted by Crippen LogP contribution is -2.28. The van der Waals surface area contributed by atoms with Crippen LogP contribution in [0.2, 0.25) is 0 Å². The predicted octanol–water partition coefficient (Wildman–Crippen LogP) is 1.66. The maximum absolute atomic E-state index is 11.6. The maximum Gasteiger partial charge on any atom is 0.259 e. The number of carbonyl (C=O) groups excluding carboxylic acids is 1. The van der Waals surface area contributed by atoms with Gasteiger partial charge in [-0.2, -0.15) is 0 Å². The molecule has 0 aliphatic rings. The van der Waals surface area contributed by atoms with Crippen LogP contribution in [-0.4, -0.2) is 44.7 Å². The second kappa shape index (κ2) is 7.75. The van der Waals surface area contributed by atoms with Gasteiger partial charge in [0.2, 0.25) is 0 Å². The summed E-state index contributed by atoms with van der Waals surface area (Å²) in [5.41, 5.74) is 0.976. The van der Waals surface area contributed by atoms with E-state index in [2.05, 4.69) is 19.2 Å². The molecule has 0 atom stereocenters. The molecule has 0 radical (unpaired) electrons. The molecule has 0 fully saturated rings. The van der Waals surface area contributed by atoms with E-state index in [4.69, 9.17) is 9.47 Å². The second-order valence-electron chi connectivity index (χ2n) is 5.06. The Morgan fingerprint density at radius 1 is 1.35 bits per heavy atom. The van der Waals surface area contributed by atoms with Gasteiger partial charge in [0, 0.05) is 32.2 Å². The number of carbonyl (C=O) groups is 1. The number of para-hydroxylation sites is 1. The normalized spacial score (nSPS) is 10.5. The smallest absolute Gasteiger partial charge is 0.259 e. The van der Waals surface area contributed by atoms with Gasteiger partial charge in [-0.25, -0.2) is 0 Å².